The number of carboxylic acid groups (broad SMARTS) is 1. The summed E-state index contributed by atoms with van der Waals surface area (Å²) in [5.41, 5.74) is 0.351. The number of hydrogen-bond acceptors (Lipinski definition) is 4. The summed E-state index contributed by atoms with van der Waals surface area (Å²) in [4.78, 5) is 23.0. The first kappa shape index (κ1) is 18.5. The summed E-state index contributed by atoms with van der Waals surface area (Å²) < 4.78 is 23.5. The number of benzene rings is 2. The summed E-state index contributed by atoms with van der Waals surface area (Å²) >= 11 is 6.03. The molecule has 0 aliphatic heterocycles. The van der Waals surface area contributed by atoms with E-state index in [0.717, 1.165) is 0 Å². The molecule has 25 heavy (non-hydrogen) atoms. The van der Waals surface area contributed by atoms with Gasteiger partial charge in [0.05, 0.1) is 17.2 Å². The second-order valence-electron chi connectivity index (χ2n) is 4.87. The molecule has 132 valence electrons. The smallest absolute Gasteiger partial charge is 0.335 e. The summed E-state index contributed by atoms with van der Waals surface area (Å²) in [6.45, 7) is 1.59. The van der Waals surface area contributed by atoms with Crippen LogP contribution in [0.4, 0.5) is 10.1 Å². The topological polar surface area (TPSA) is 84.9 Å². The van der Waals surface area contributed by atoms with E-state index in [1.54, 1.807) is 6.92 Å². The van der Waals surface area contributed by atoms with Crippen LogP contribution in [0, 0.1) is 5.82 Å². The number of carbonyl (C=O) groups is 2. The van der Waals surface area contributed by atoms with E-state index in [2.05, 4.69) is 5.32 Å². The van der Waals surface area contributed by atoms with Crippen LogP contribution in [-0.2, 0) is 4.79 Å². The molecule has 6 nitrogen and oxygen atoms in total. The van der Waals surface area contributed by atoms with Gasteiger partial charge in [0.25, 0.3) is 5.91 Å². The van der Waals surface area contributed by atoms with Crippen molar-refractivity contribution in [3.05, 3.63) is 52.8 Å². The Hall–Kier alpha value is -2.80. The minimum Gasteiger partial charge on any atom is -0.490 e. The van der Waals surface area contributed by atoms with Gasteiger partial charge in [0.2, 0.25) is 0 Å². The molecular formula is C17H15ClFNO5. The highest BCUT2D eigenvalue weighted by Gasteiger charge is 2.17. The molecule has 1 amide bonds. The minimum atomic E-state index is -1.16. The molecule has 0 fully saturated rings. The molecule has 0 aliphatic rings. The number of anilines is 1. The average Bonchev–Trinajstić information content (AvgIpc) is 2.56. The summed E-state index contributed by atoms with van der Waals surface area (Å²) in [6.07, 6.45) is 0. The van der Waals surface area contributed by atoms with Crippen LogP contribution in [-0.4, -0.2) is 30.2 Å². The quantitative estimate of drug-likeness (QED) is 0.781. The molecule has 0 atom stereocenters. The fraction of sp³-hybridized carbons (Fsp3) is 0.176. The third kappa shape index (κ3) is 5.09. The van der Waals surface area contributed by atoms with Gasteiger partial charge in [0, 0.05) is 5.69 Å². The Bertz CT molecular complexity index is 779. The summed E-state index contributed by atoms with van der Waals surface area (Å²) in [6, 6.07) is 7.72. The van der Waals surface area contributed by atoms with Gasteiger partial charge in [-0.15, -0.1) is 0 Å². The van der Waals surface area contributed by atoms with Crippen molar-refractivity contribution >= 4 is 29.2 Å². The molecule has 0 radical (unpaired) electrons. The lowest BCUT2D eigenvalue weighted by Crippen LogP contribution is -2.20. The second kappa shape index (κ2) is 8.34. The Morgan fingerprint density at radius 2 is 1.88 bits per heavy atom. The molecule has 2 aromatic carbocycles. The van der Waals surface area contributed by atoms with E-state index in [4.69, 9.17) is 26.2 Å². The van der Waals surface area contributed by atoms with Gasteiger partial charge in [-0.3, -0.25) is 4.79 Å². The summed E-state index contributed by atoms with van der Waals surface area (Å²) in [5, 5.41) is 11.6. The zero-order chi connectivity index (χ0) is 18.4. The maximum absolute atomic E-state index is 12.8. The lowest BCUT2D eigenvalue weighted by atomic mass is 10.2. The summed E-state index contributed by atoms with van der Waals surface area (Å²) in [7, 11) is 0. The zero-order valence-corrected chi connectivity index (χ0v) is 14.0. The van der Waals surface area contributed by atoms with Crippen LogP contribution in [0.3, 0.4) is 0 Å². The highest BCUT2D eigenvalue weighted by atomic mass is 35.5. The van der Waals surface area contributed by atoms with E-state index in [1.165, 1.54) is 36.4 Å². The van der Waals surface area contributed by atoms with Crippen molar-refractivity contribution in [3.8, 4) is 11.5 Å². The monoisotopic (exact) mass is 367 g/mol. The molecule has 0 saturated heterocycles. The first-order valence-electron chi connectivity index (χ1n) is 7.28. The Kier molecular flexibility index (Phi) is 6.19. The van der Waals surface area contributed by atoms with Gasteiger partial charge in [-0.1, -0.05) is 11.6 Å². The van der Waals surface area contributed by atoms with Gasteiger partial charge in [0.15, 0.2) is 18.1 Å². The highest BCUT2D eigenvalue weighted by Crippen LogP contribution is 2.36. The van der Waals surface area contributed by atoms with Gasteiger partial charge in [0.1, 0.15) is 5.82 Å². The summed E-state index contributed by atoms with van der Waals surface area (Å²) in [5.74, 6) is -1.87. The van der Waals surface area contributed by atoms with Crippen LogP contribution in [0.5, 0.6) is 11.5 Å². The van der Waals surface area contributed by atoms with E-state index >= 15 is 0 Å². The van der Waals surface area contributed by atoms with E-state index in [9.17, 15) is 14.0 Å². The Morgan fingerprint density at radius 1 is 1.20 bits per heavy atom. The largest absolute Gasteiger partial charge is 0.490 e. The van der Waals surface area contributed by atoms with Gasteiger partial charge in [-0.25, -0.2) is 9.18 Å². The number of aromatic carboxylic acids is 1. The molecule has 0 heterocycles. The van der Waals surface area contributed by atoms with Gasteiger partial charge in [-0.05, 0) is 43.3 Å². The number of carbonyl (C=O) groups excluding carboxylic acids is 1. The first-order valence-corrected chi connectivity index (χ1v) is 7.66. The van der Waals surface area contributed by atoms with Crippen molar-refractivity contribution in [2.24, 2.45) is 0 Å². The number of amides is 1. The first-order chi connectivity index (χ1) is 11.9. The standard InChI is InChI=1S/C17H15ClFNO5/c1-2-24-14-8-10(17(22)23)7-13(18)16(14)25-9-15(21)20-12-5-3-11(19)4-6-12/h3-8H,2,9H2,1H3,(H,20,21)(H,22,23). The highest BCUT2D eigenvalue weighted by molar-refractivity contribution is 6.32. The molecule has 2 rings (SSSR count). The molecule has 0 aromatic heterocycles. The maximum atomic E-state index is 12.8. The molecule has 0 aliphatic carbocycles. The predicted octanol–water partition coefficient (Wildman–Crippen LogP) is 3.59. The lowest BCUT2D eigenvalue weighted by Gasteiger charge is -2.14. The van der Waals surface area contributed by atoms with Crippen molar-refractivity contribution < 1.29 is 28.6 Å². The number of rotatable bonds is 7. The lowest BCUT2D eigenvalue weighted by molar-refractivity contribution is -0.118. The third-order valence-corrected chi connectivity index (χ3v) is 3.31. The fourth-order valence-electron chi connectivity index (χ4n) is 1.96. The zero-order valence-electron chi connectivity index (χ0n) is 13.2. The second-order valence-corrected chi connectivity index (χ2v) is 5.27. The van der Waals surface area contributed by atoms with Crippen LogP contribution in [0.15, 0.2) is 36.4 Å². The van der Waals surface area contributed by atoms with Crippen molar-refractivity contribution in [3.63, 3.8) is 0 Å². The Balaban J connectivity index is 2.09. The Morgan fingerprint density at radius 3 is 2.48 bits per heavy atom. The molecule has 2 N–H and O–H groups in total. The van der Waals surface area contributed by atoms with Crippen molar-refractivity contribution in [2.75, 3.05) is 18.5 Å². The number of carboxylic acids is 1. The van der Waals surface area contributed by atoms with Crippen molar-refractivity contribution in [1.29, 1.82) is 0 Å². The number of hydrogen-bond donors (Lipinski definition) is 2. The fourth-order valence-corrected chi connectivity index (χ4v) is 2.23. The van der Waals surface area contributed by atoms with Gasteiger partial charge < -0.3 is 19.9 Å². The van der Waals surface area contributed by atoms with Gasteiger partial charge in [-0.2, -0.15) is 0 Å². The molecule has 8 heteroatoms. The SMILES string of the molecule is CCOc1cc(C(=O)O)cc(Cl)c1OCC(=O)Nc1ccc(F)cc1. The van der Waals surface area contributed by atoms with E-state index in [0.29, 0.717) is 5.69 Å². The molecule has 0 saturated carbocycles. The molecule has 0 bridgehead atoms. The molecule has 0 spiro atoms. The van der Waals surface area contributed by atoms with Crippen LogP contribution >= 0.6 is 11.6 Å². The van der Waals surface area contributed by atoms with Crippen molar-refractivity contribution in [2.45, 2.75) is 6.92 Å². The van der Waals surface area contributed by atoms with Crippen LogP contribution in [0.25, 0.3) is 0 Å². The van der Waals surface area contributed by atoms with Crippen LogP contribution in [0.1, 0.15) is 17.3 Å². The minimum absolute atomic E-state index is 0.0120. The maximum Gasteiger partial charge on any atom is 0.335 e. The molecule has 0 unspecified atom stereocenters. The average molecular weight is 368 g/mol. The number of ether oxygens (including phenoxy) is 2. The van der Waals surface area contributed by atoms with Gasteiger partial charge >= 0.3 is 5.97 Å². The number of halogens is 2. The normalized spacial score (nSPS) is 10.2. The van der Waals surface area contributed by atoms with E-state index in [-0.39, 0.29) is 35.3 Å². The molecule has 2 aromatic rings. The van der Waals surface area contributed by atoms with E-state index in [1.807, 2.05) is 0 Å². The molecular weight excluding hydrogens is 353 g/mol. The Labute approximate surface area is 148 Å². The van der Waals surface area contributed by atoms with E-state index < -0.39 is 17.7 Å². The number of nitrogens with one attached hydrogen (secondary N) is 1. The third-order valence-electron chi connectivity index (χ3n) is 3.03. The van der Waals surface area contributed by atoms with Crippen molar-refractivity contribution in [1.82, 2.24) is 0 Å². The predicted molar refractivity (Wildman–Crippen MR) is 90.1 cm³/mol. The van der Waals surface area contributed by atoms with Crippen LogP contribution < -0.4 is 14.8 Å². The van der Waals surface area contributed by atoms with Crippen LogP contribution in [0.2, 0.25) is 5.02 Å².